The zero-order valence-electron chi connectivity index (χ0n) is 13.2. The normalized spacial score (nSPS) is 11.1. The van der Waals surface area contributed by atoms with Gasteiger partial charge in [0.15, 0.2) is 6.61 Å². The van der Waals surface area contributed by atoms with Gasteiger partial charge in [0.05, 0.1) is 5.69 Å². The van der Waals surface area contributed by atoms with Crippen molar-refractivity contribution in [2.75, 3.05) is 11.9 Å². The average Bonchev–Trinajstić information content (AvgIpc) is 2.52. The summed E-state index contributed by atoms with van der Waals surface area (Å²) in [7, 11) is 0. The van der Waals surface area contributed by atoms with E-state index in [1.54, 1.807) is 25.3 Å². The quantitative estimate of drug-likeness (QED) is 0.821. The maximum atomic E-state index is 12.3. The molecule has 0 atom stereocenters. The van der Waals surface area contributed by atoms with Crippen LogP contribution in [0.1, 0.15) is 11.3 Å². The fourth-order valence-corrected chi connectivity index (χ4v) is 2.10. The smallest absolute Gasteiger partial charge is 0.422 e. The molecule has 5 nitrogen and oxygen atoms in total. The molecule has 2 aromatic rings. The molecule has 0 bridgehead atoms. The van der Waals surface area contributed by atoms with Crippen molar-refractivity contribution in [1.82, 2.24) is 10.3 Å². The number of pyridine rings is 1. The summed E-state index contributed by atoms with van der Waals surface area (Å²) < 4.78 is 41.6. The third-order valence-corrected chi connectivity index (χ3v) is 3.37. The van der Waals surface area contributed by atoms with Crippen molar-refractivity contribution >= 4 is 23.3 Å². The Labute approximate surface area is 147 Å². The van der Waals surface area contributed by atoms with Gasteiger partial charge in [0.2, 0.25) is 0 Å². The van der Waals surface area contributed by atoms with Crippen molar-refractivity contribution in [1.29, 1.82) is 0 Å². The Kier molecular flexibility index (Phi) is 6.08. The molecule has 25 heavy (non-hydrogen) atoms. The molecule has 0 aliphatic rings. The van der Waals surface area contributed by atoms with Gasteiger partial charge in [-0.25, -0.2) is 4.79 Å². The minimum absolute atomic E-state index is 0.0390. The number of alkyl halides is 3. The number of halogens is 4. The van der Waals surface area contributed by atoms with Crippen LogP contribution in [-0.2, 0) is 6.54 Å². The van der Waals surface area contributed by atoms with Gasteiger partial charge < -0.3 is 15.4 Å². The Hall–Kier alpha value is -2.48. The zero-order chi connectivity index (χ0) is 18.4. The van der Waals surface area contributed by atoms with Crippen LogP contribution < -0.4 is 15.4 Å². The number of carbonyl (C=O) groups is 1. The molecule has 0 aliphatic heterocycles. The van der Waals surface area contributed by atoms with Crippen LogP contribution in [0.15, 0.2) is 36.5 Å². The zero-order valence-corrected chi connectivity index (χ0v) is 13.9. The second kappa shape index (κ2) is 8.06. The Balaban J connectivity index is 2.01. The number of aromatic nitrogens is 1. The molecule has 0 aliphatic carbocycles. The van der Waals surface area contributed by atoms with Crippen molar-refractivity contribution in [2.45, 2.75) is 19.6 Å². The topological polar surface area (TPSA) is 63.2 Å². The van der Waals surface area contributed by atoms with E-state index in [9.17, 15) is 18.0 Å². The molecule has 2 amide bonds. The number of ether oxygens (including phenoxy) is 1. The monoisotopic (exact) mass is 373 g/mol. The van der Waals surface area contributed by atoms with E-state index in [-0.39, 0.29) is 23.0 Å². The number of carbonyl (C=O) groups excluding carboxylic acids is 1. The number of anilines is 1. The number of nitrogens with zero attached hydrogens (tertiary/aromatic N) is 1. The summed E-state index contributed by atoms with van der Waals surface area (Å²) >= 11 is 5.83. The molecular formula is C16H15ClF3N3O2. The molecule has 1 aromatic heterocycles. The number of urea groups is 1. The first-order valence-electron chi connectivity index (χ1n) is 7.19. The second-order valence-electron chi connectivity index (χ2n) is 5.10. The van der Waals surface area contributed by atoms with Crippen LogP contribution in [-0.4, -0.2) is 23.8 Å². The first-order valence-corrected chi connectivity index (χ1v) is 7.57. The van der Waals surface area contributed by atoms with Gasteiger partial charge >= 0.3 is 12.2 Å². The number of benzene rings is 1. The van der Waals surface area contributed by atoms with Gasteiger partial charge in [0.1, 0.15) is 5.75 Å². The predicted molar refractivity (Wildman–Crippen MR) is 87.8 cm³/mol. The lowest BCUT2D eigenvalue weighted by Crippen LogP contribution is -2.29. The highest BCUT2D eigenvalue weighted by molar-refractivity contribution is 6.31. The number of amides is 2. The minimum atomic E-state index is -4.49. The molecule has 0 saturated heterocycles. The number of rotatable bonds is 5. The van der Waals surface area contributed by atoms with E-state index >= 15 is 0 Å². The Morgan fingerprint density at radius 2 is 2.08 bits per heavy atom. The lowest BCUT2D eigenvalue weighted by atomic mass is 10.2. The molecule has 2 N–H and O–H groups in total. The fourth-order valence-electron chi connectivity index (χ4n) is 1.93. The molecule has 2 rings (SSSR count). The molecule has 1 aromatic carbocycles. The standard InChI is InChI=1S/C16H15ClF3N3O2/c1-10-11(3-2-6-21-10)8-22-15(24)23-13-7-12(17)4-5-14(13)25-9-16(18,19)20/h2-7H,8-9H2,1H3,(H2,22,23,24). The minimum Gasteiger partial charge on any atom is -0.482 e. The molecule has 0 saturated carbocycles. The molecule has 1 heterocycles. The van der Waals surface area contributed by atoms with Gasteiger partial charge in [0.25, 0.3) is 0 Å². The van der Waals surface area contributed by atoms with E-state index in [2.05, 4.69) is 15.6 Å². The SMILES string of the molecule is Cc1ncccc1CNC(=O)Nc1cc(Cl)ccc1OCC(F)(F)F. The molecule has 134 valence electrons. The Bertz CT molecular complexity index is 754. The van der Waals surface area contributed by atoms with E-state index in [1.165, 1.54) is 18.2 Å². The van der Waals surface area contributed by atoms with Crippen molar-refractivity contribution in [3.63, 3.8) is 0 Å². The summed E-state index contributed by atoms with van der Waals surface area (Å²) in [4.78, 5) is 16.1. The highest BCUT2D eigenvalue weighted by atomic mass is 35.5. The summed E-state index contributed by atoms with van der Waals surface area (Å²) in [5.74, 6) is -0.130. The van der Waals surface area contributed by atoms with Crippen LogP contribution in [0.4, 0.5) is 23.7 Å². The van der Waals surface area contributed by atoms with Gasteiger partial charge in [-0.2, -0.15) is 13.2 Å². The summed E-state index contributed by atoms with van der Waals surface area (Å²) in [5.41, 5.74) is 1.62. The summed E-state index contributed by atoms with van der Waals surface area (Å²) in [6, 6.07) is 6.87. The van der Waals surface area contributed by atoms with Crippen LogP contribution in [0.2, 0.25) is 5.02 Å². The predicted octanol–water partition coefficient (Wildman–Crippen LogP) is 4.31. The molecule has 9 heteroatoms. The lowest BCUT2D eigenvalue weighted by Gasteiger charge is -2.15. The molecule has 0 unspecified atom stereocenters. The van der Waals surface area contributed by atoms with Gasteiger partial charge in [-0.3, -0.25) is 4.98 Å². The first kappa shape index (κ1) is 18.9. The van der Waals surface area contributed by atoms with Crippen molar-refractivity contribution < 1.29 is 22.7 Å². The van der Waals surface area contributed by atoms with Crippen molar-refractivity contribution in [3.8, 4) is 5.75 Å². The van der Waals surface area contributed by atoms with Crippen LogP contribution in [0, 0.1) is 6.92 Å². The van der Waals surface area contributed by atoms with Gasteiger partial charge in [-0.1, -0.05) is 17.7 Å². The highest BCUT2D eigenvalue weighted by Crippen LogP contribution is 2.29. The average molecular weight is 374 g/mol. The molecule has 0 fully saturated rings. The number of hydrogen-bond donors (Lipinski definition) is 2. The van der Waals surface area contributed by atoms with Crippen LogP contribution in [0.5, 0.6) is 5.75 Å². The van der Waals surface area contributed by atoms with Crippen molar-refractivity contribution in [2.24, 2.45) is 0 Å². The Morgan fingerprint density at radius 3 is 2.76 bits per heavy atom. The number of hydrogen-bond acceptors (Lipinski definition) is 3. The van der Waals surface area contributed by atoms with E-state index in [1.807, 2.05) is 0 Å². The van der Waals surface area contributed by atoms with E-state index < -0.39 is 18.8 Å². The summed E-state index contributed by atoms with van der Waals surface area (Å²) in [6.45, 7) is 0.541. The van der Waals surface area contributed by atoms with E-state index in [0.717, 1.165) is 11.3 Å². The maximum absolute atomic E-state index is 12.3. The number of nitrogens with one attached hydrogen (secondary N) is 2. The first-order chi connectivity index (χ1) is 11.7. The third-order valence-electron chi connectivity index (χ3n) is 3.14. The fraction of sp³-hybridized carbons (Fsp3) is 0.250. The van der Waals surface area contributed by atoms with E-state index in [4.69, 9.17) is 16.3 Å². The molecule has 0 spiro atoms. The van der Waals surface area contributed by atoms with Gasteiger partial charge in [-0.15, -0.1) is 0 Å². The summed E-state index contributed by atoms with van der Waals surface area (Å²) in [5, 5.41) is 5.27. The maximum Gasteiger partial charge on any atom is 0.422 e. The highest BCUT2D eigenvalue weighted by Gasteiger charge is 2.29. The molecule has 0 radical (unpaired) electrons. The van der Waals surface area contributed by atoms with Crippen LogP contribution in [0.25, 0.3) is 0 Å². The van der Waals surface area contributed by atoms with Gasteiger partial charge in [-0.05, 0) is 36.8 Å². The number of aryl methyl sites for hydroxylation is 1. The summed E-state index contributed by atoms with van der Waals surface area (Å²) in [6.07, 6.45) is -2.86. The van der Waals surface area contributed by atoms with E-state index in [0.29, 0.717) is 0 Å². The van der Waals surface area contributed by atoms with Crippen LogP contribution >= 0.6 is 11.6 Å². The van der Waals surface area contributed by atoms with Crippen LogP contribution in [0.3, 0.4) is 0 Å². The largest absolute Gasteiger partial charge is 0.482 e. The Morgan fingerprint density at radius 1 is 1.32 bits per heavy atom. The van der Waals surface area contributed by atoms with Crippen molar-refractivity contribution in [3.05, 3.63) is 52.8 Å². The lowest BCUT2D eigenvalue weighted by molar-refractivity contribution is -0.153. The molecular weight excluding hydrogens is 359 g/mol. The van der Waals surface area contributed by atoms with Gasteiger partial charge in [0, 0.05) is 23.5 Å². The third kappa shape index (κ3) is 6.15. The second-order valence-corrected chi connectivity index (χ2v) is 5.54.